The molecule has 5 nitrogen and oxygen atoms in total. The summed E-state index contributed by atoms with van der Waals surface area (Å²) in [7, 11) is 1.67. The molecule has 0 bridgehead atoms. The van der Waals surface area contributed by atoms with Gasteiger partial charge in [-0.05, 0) is 31.9 Å². The molecular formula is C17H30IN3O2. The quantitative estimate of drug-likeness (QED) is 0.271. The van der Waals surface area contributed by atoms with Crippen molar-refractivity contribution in [2.45, 2.75) is 33.7 Å². The summed E-state index contributed by atoms with van der Waals surface area (Å²) in [6.07, 6.45) is 1.07. The summed E-state index contributed by atoms with van der Waals surface area (Å²) in [6.45, 7) is 9.73. The number of rotatable bonds is 9. The van der Waals surface area contributed by atoms with E-state index in [2.05, 4.69) is 48.5 Å². The highest BCUT2D eigenvalue weighted by Crippen LogP contribution is 2.21. The van der Waals surface area contributed by atoms with E-state index >= 15 is 0 Å². The normalized spacial score (nSPS) is 10.9. The van der Waals surface area contributed by atoms with Crippen LogP contribution in [0, 0.1) is 6.92 Å². The second kappa shape index (κ2) is 13.4. The molecule has 2 N–H and O–H groups in total. The summed E-state index contributed by atoms with van der Waals surface area (Å²) >= 11 is 0. The molecule has 0 spiro atoms. The number of nitrogens with zero attached hydrogens (tertiary/aromatic N) is 1. The standard InChI is InChI=1S/C17H29N3O2.HI/c1-5-9-19-17(18-6-2)20-13-15-8-7-14(3)12-16(15)22-11-10-21-4;/h7-8,12H,5-6,9-11,13H2,1-4H3,(H2,18,19,20);1H. The second-order valence-corrected chi connectivity index (χ2v) is 5.07. The Morgan fingerprint density at radius 2 is 1.96 bits per heavy atom. The first-order valence-electron chi connectivity index (χ1n) is 7.94. The lowest BCUT2D eigenvalue weighted by Crippen LogP contribution is -2.37. The van der Waals surface area contributed by atoms with Crippen molar-refractivity contribution >= 4 is 29.9 Å². The number of aliphatic imine (C=N–C) groups is 1. The number of halogens is 1. The Balaban J connectivity index is 0.00000484. The first-order valence-corrected chi connectivity index (χ1v) is 7.94. The lowest BCUT2D eigenvalue weighted by atomic mass is 10.1. The third-order valence-corrected chi connectivity index (χ3v) is 3.06. The van der Waals surface area contributed by atoms with E-state index in [-0.39, 0.29) is 24.0 Å². The van der Waals surface area contributed by atoms with Crippen LogP contribution in [0.15, 0.2) is 23.2 Å². The molecule has 1 rings (SSSR count). The summed E-state index contributed by atoms with van der Waals surface area (Å²) in [5.74, 6) is 1.72. The fourth-order valence-electron chi connectivity index (χ4n) is 1.91. The minimum atomic E-state index is 0. The molecule has 23 heavy (non-hydrogen) atoms. The van der Waals surface area contributed by atoms with Crippen molar-refractivity contribution in [3.8, 4) is 5.75 Å². The van der Waals surface area contributed by atoms with Crippen LogP contribution in [0.3, 0.4) is 0 Å². The Morgan fingerprint density at radius 1 is 1.17 bits per heavy atom. The van der Waals surface area contributed by atoms with Crippen LogP contribution >= 0.6 is 24.0 Å². The number of hydrogen-bond acceptors (Lipinski definition) is 3. The number of ether oxygens (including phenoxy) is 2. The Hall–Kier alpha value is -1.02. The minimum absolute atomic E-state index is 0. The molecule has 6 heteroatoms. The van der Waals surface area contributed by atoms with E-state index < -0.39 is 0 Å². The zero-order chi connectivity index (χ0) is 16.2. The predicted molar refractivity (Wildman–Crippen MR) is 107 cm³/mol. The van der Waals surface area contributed by atoms with Gasteiger partial charge in [0.05, 0.1) is 13.2 Å². The average molecular weight is 435 g/mol. The van der Waals surface area contributed by atoms with E-state index in [1.807, 2.05) is 6.07 Å². The highest BCUT2D eigenvalue weighted by molar-refractivity contribution is 14.0. The van der Waals surface area contributed by atoms with Gasteiger partial charge >= 0.3 is 0 Å². The van der Waals surface area contributed by atoms with Crippen molar-refractivity contribution in [2.75, 3.05) is 33.4 Å². The monoisotopic (exact) mass is 435 g/mol. The molecule has 0 aliphatic heterocycles. The molecule has 0 saturated carbocycles. The first kappa shape index (κ1) is 22.0. The number of hydrogen-bond donors (Lipinski definition) is 2. The molecule has 0 aromatic heterocycles. The lowest BCUT2D eigenvalue weighted by Gasteiger charge is -2.13. The molecule has 1 aromatic carbocycles. The van der Waals surface area contributed by atoms with E-state index in [0.29, 0.717) is 19.8 Å². The minimum Gasteiger partial charge on any atom is -0.491 e. The molecule has 0 aliphatic rings. The van der Waals surface area contributed by atoms with Gasteiger partial charge in [-0.15, -0.1) is 24.0 Å². The van der Waals surface area contributed by atoms with Gasteiger partial charge in [0.2, 0.25) is 0 Å². The van der Waals surface area contributed by atoms with Gasteiger partial charge in [-0.25, -0.2) is 4.99 Å². The molecule has 0 amide bonds. The zero-order valence-corrected chi connectivity index (χ0v) is 17.0. The van der Waals surface area contributed by atoms with Crippen molar-refractivity contribution in [3.63, 3.8) is 0 Å². The third-order valence-electron chi connectivity index (χ3n) is 3.06. The summed E-state index contributed by atoms with van der Waals surface area (Å²) in [5, 5.41) is 6.55. The van der Waals surface area contributed by atoms with Crippen molar-refractivity contribution in [1.29, 1.82) is 0 Å². The molecule has 0 saturated heterocycles. The van der Waals surface area contributed by atoms with Crippen molar-refractivity contribution < 1.29 is 9.47 Å². The highest BCUT2D eigenvalue weighted by Gasteiger charge is 2.05. The van der Waals surface area contributed by atoms with Gasteiger partial charge in [-0.1, -0.05) is 19.1 Å². The Morgan fingerprint density at radius 3 is 2.61 bits per heavy atom. The third kappa shape index (κ3) is 9.00. The van der Waals surface area contributed by atoms with Crippen molar-refractivity contribution in [2.24, 2.45) is 4.99 Å². The summed E-state index contributed by atoms with van der Waals surface area (Å²) in [6, 6.07) is 6.21. The van der Waals surface area contributed by atoms with Gasteiger partial charge in [0.1, 0.15) is 12.4 Å². The number of nitrogens with one attached hydrogen (secondary N) is 2. The lowest BCUT2D eigenvalue weighted by molar-refractivity contribution is 0.145. The van der Waals surface area contributed by atoms with Crippen LogP contribution in [0.4, 0.5) is 0 Å². The maximum absolute atomic E-state index is 5.80. The Labute approximate surface area is 157 Å². The topological polar surface area (TPSA) is 54.9 Å². The van der Waals surface area contributed by atoms with E-state index in [4.69, 9.17) is 9.47 Å². The molecule has 0 unspecified atom stereocenters. The second-order valence-electron chi connectivity index (χ2n) is 5.07. The molecule has 0 aliphatic carbocycles. The average Bonchev–Trinajstić information content (AvgIpc) is 2.51. The number of aryl methyl sites for hydroxylation is 1. The van der Waals surface area contributed by atoms with E-state index in [9.17, 15) is 0 Å². The molecule has 0 fully saturated rings. The Kier molecular flexibility index (Phi) is 12.8. The molecule has 0 radical (unpaired) electrons. The largest absolute Gasteiger partial charge is 0.491 e. The van der Waals surface area contributed by atoms with Crippen LogP contribution in [0.1, 0.15) is 31.4 Å². The Bertz CT molecular complexity index is 467. The van der Waals surface area contributed by atoms with Gasteiger partial charge in [0.25, 0.3) is 0 Å². The molecule has 0 atom stereocenters. The fraction of sp³-hybridized carbons (Fsp3) is 0.588. The molecule has 1 aromatic rings. The smallest absolute Gasteiger partial charge is 0.191 e. The fourth-order valence-corrected chi connectivity index (χ4v) is 1.91. The van der Waals surface area contributed by atoms with Gasteiger partial charge < -0.3 is 20.1 Å². The van der Waals surface area contributed by atoms with Crippen LogP contribution in [0.25, 0.3) is 0 Å². The van der Waals surface area contributed by atoms with E-state index in [1.165, 1.54) is 5.56 Å². The number of benzene rings is 1. The van der Waals surface area contributed by atoms with E-state index in [1.54, 1.807) is 7.11 Å². The van der Waals surface area contributed by atoms with Crippen molar-refractivity contribution in [1.82, 2.24) is 10.6 Å². The van der Waals surface area contributed by atoms with Crippen molar-refractivity contribution in [3.05, 3.63) is 29.3 Å². The number of methoxy groups -OCH3 is 1. The molecule has 132 valence electrons. The van der Waals surface area contributed by atoms with Gasteiger partial charge in [0.15, 0.2) is 5.96 Å². The summed E-state index contributed by atoms with van der Waals surface area (Å²) < 4.78 is 10.8. The van der Waals surface area contributed by atoms with Gasteiger partial charge in [-0.3, -0.25) is 0 Å². The van der Waals surface area contributed by atoms with Crippen LogP contribution < -0.4 is 15.4 Å². The first-order chi connectivity index (χ1) is 10.7. The van der Waals surface area contributed by atoms with Crippen LogP contribution in [-0.2, 0) is 11.3 Å². The van der Waals surface area contributed by atoms with Crippen LogP contribution in [0.5, 0.6) is 5.75 Å². The van der Waals surface area contributed by atoms with Crippen LogP contribution in [-0.4, -0.2) is 39.4 Å². The highest BCUT2D eigenvalue weighted by atomic mass is 127. The zero-order valence-electron chi connectivity index (χ0n) is 14.6. The molecular weight excluding hydrogens is 405 g/mol. The summed E-state index contributed by atoms with van der Waals surface area (Å²) in [5.41, 5.74) is 2.26. The molecule has 0 heterocycles. The van der Waals surface area contributed by atoms with Crippen LogP contribution in [0.2, 0.25) is 0 Å². The maximum atomic E-state index is 5.80. The predicted octanol–water partition coefficient (Wildman–Crippen LogP) is 3.10. The number of guanidine groups is 1. The van der Waals surface area contributed by atoms with E-state index in [0.717, 1.165) is 36.8 Å². The van der Waals surface area contributed by atoms with Gasteiger partial charge in [-0.2, -0.15) is 0 Å². The SMILES string of the molecule is CCCNC(=NCc1ccc(C)cc1OCCOC)NCC.I. The summed E-state index contributed by atoms with van der Waals surface area (Å²) in [4.78, 5) is 4.62. The maximum Gasteiger partial charge on any atom is 0.191 e. The van der Waals surface area contributed by atoms with Gasteiger partial charge in [0, 0.05) is 25.8 Å².